The molecule has 2 amide bonds. The van der Waals surface area contributed by atoms with E-state index in [-0.39, 0.29) is 17.9 Å². The molecule has 23 heavy (non-hydrogen) atoms. The van der Waals surface area contributed by atoms with Crippen molar-refractivity contribution in [1.29, 1.82) is 0 Å². The maximum atomic E-state index is 12.6. The first-order valence-corrected chi connectivity index (χ1v) is 8.67. The van der Waals surface area contributed by atoms with E-state index in [9.17, 15) is 9.59 Å². The van der Waals surface area contributed by atoms with Gasteiger partial charge in [-0.15, -0.1) is 11.3 Å². The molecule has 1 aromatic heterocycles. The van der Waals surface area contributed by atoms with Gasteiger partial charge in [-0.05, 0) is 49.8 Å². The summed E-state index contributed by atoms with van der Waals surface area (Å²) >= 11 is 1.42. The van der Waals surface area contributed by atoms with Crippen molar-refractivity contribution < 1.29 is 9.59 Å². The number of amides is 2. The molecule has 1 aromatic carbocycles. The van der Waals surface area contributed by atoms with Crippen LogP contribution >= 0.6 is 11.3 Å². The molecule has 2 aromatic rings. The van der Waals surface area contributed by atoms with Gasteiger partial charge in [0.25, 0.3) is 5.91 Å². The van der Waals surface area contributed by atoms with Gasteiger partial charge in [-0.3, -0.25) is 9.59 Å². The summed E-state index contributed by atoms with van der Waals surface area (Å²) in [6, 6.07) is 9.22. The van der Waals surface area contributed by atoms with Crippen molar-refractivity contribution >= 4 is 28.8 Å². The summed E-state index contributed by atoms with van der Waals surface area (Å²) in [4.78, 5) is 27.6. The monoisotopic (exact) mass is 328 g/mol. The first-order chi connectivity index (χ1) is 11.1. The number of hydrogen-bond acceptors (Lipinski definition) is 3. The fourth-order valence-electron chi connectivity index (χ4n) is 2.99. The molecule has 1 aliphatic heterocycles. The number of thiophene rings is 1. The van der Waals surface area contributed by atoms with E-state index in [4.69, 9.17) is 0 Å². The highest BCUT2D eigenvalue weighted by atomic mass is 32.1. The summed E-state index contributed by atoms with van der Waals surface area (Å²) in [6.07, 6.45) is 1.58. The van der Waals surface area contributed by atoms with Gasteiger partial charge in [0.2, 0.25) is 5.91 Å². The minimum Gasteiger partial charge on any atom is -0.326 e. The summed E-state index contributed by atoms with van der Waals surface area (Å²) in [7, 11) is 0. The summed E-state index contributed by atoms with van der Waals surface area (Å²) in [5.74, 6) is -0.141. The largest absolute Gasteiger partial charge is 0.326 e. The molecular formula is C18H20N2O2S. The number of benzene rings is 1. The maximum Gasteiger partial charge on any atom is 0.264 e. The average Bonchev–Trinajstić information content (AvgIpc) is 3.20. The van der Waals surface area contributed by atoms with E-state index >= 15 is 0 Å². The third-order valence-electron chi connectivity index (χ3n) is 4.19. The Morgan fingerprint density at radius 1 is 1.26 bits per heavy atom. The Balaban J connectivity index is 1.74. The third-order valence-corrected chi connectivity index (χ3v) is 5.05. The summed E-state index contributed by atoms with van der Waals surface area (Å²) in [5, 5.41) is 4.86. The zero-order valence-electron chi connectivity index (χ0n) is 13.3. The Kier molecular flexibility index (Phi) is 4.48. The predicted octanol–water partition coefficient (Wildman–Crippen LogP) is 3.61. The van der Waals surface area contributed by atoms with Crippen LogP contribution in [0.4, 0.5) is 5.69 Å². The van der Waals surface area contributed by atoms with E-state index in [0.29, 0.717) is 17.8 Å². The Bertz CT molecular complexity index is 725. The van der Waals surface area contributed by atoms with Crippen molar-refractivity contribution in [2.24, 2.45) is 0 Å². The average molecular weight is 328 g/mol. The van der Waals surface area contributed by atoms with Crippen LogP contribution in [0.5, 0.6) is 0 Å². The molecule has 1 atom stereocenters. The van der Waals surface area contributed by atoms with E-state index < -0.39 is 0 Å². The SMILES string of the molecule is Cc1ccc(NC(=O)[C@@H]2CCCN2C(=O)c2cccs2)c(C)c1. The first-order valence-electron chi connectivity index (χ1n) is 7.79. The minimum absolute atomic E-state index is 0.0433. The summed E-state index contributed by atoms with van der Waals surface area (Å²) < 4.78 is 0. The minimum atomic E-state index is -0.384. The molecule has 0 radical (unpaired) electrons. The molecule has 0 aliphatic carbocycles. The van der Waals surface area contributed by atoms with Crippen LogP contribution in [-0.4, -0.2) is 29.3 Å². The highest BCUT2D eigenvalue weighted by Crippen LogP contribution is 2.24. The van der Waals surface area contributed by atoms with Gasteiger partial charge in [0.15, 0.2) is 0 Å². The maximum absolute atomic E-state index is 12.6. The molecule has 4 nitrogen and oxygen atoms in total. The van der Waals surface area contributed by atoms with Crippen molar-refractivity contribution in [2.75, 3.05) is 11.9 Å². The van der Waals surface area contributed by atoms with Crippen LogP contribution in [-0.2, 0) is 4.79 Å². The van der Waals surface area contributed by atoms with Gasteiger partial charge in [0.05, 0.1) is 4.88 Å². The number of likely N-dealkylation sites (tertiary alicyclic amines) is 1. The smallest absolute Gasteiger partial charge is 0.264 e. The second kappa shape index (κ2) is 6.54. The van der Waals surface area contributed by atoms with Crippen LogP contribution in [0.25, 0.3) is 0 Å². The van der Waals surface area contributed by atoms with Gasteiger partial charge in [0, 0.05) is 12.2 Å². The van der Waals surface area contributed by atoms with E-state index in [1.165, 1.54) is 11.3 Å². The third kappa shape index (κ3) is 3.29. The highest BCUT2D eigenvalue weighted by molar-refractivity contribution is 7.12. The summed E-state index contributed by atoms with van der Waals surface area (Å²) in [5.41, 5.74) is 3.01. The molecule has 0 unspecified atom stereocenters. The zero-order valence-corrected chi connectivity index (χ0v) is 14.2. The number of carbonyl (C=O) groups excluding carboxylic acids is 2. The van der Waals surface area contributed by atoms with E-state index in [0.717, 1.165) is 23.2 Å². The Hall–Kier alpha value is -2.14. The quantitative estimate of drug-likeness (QED) is 0.936. The molecule has 2 heterocycles. The van der Waals surface area contributed by atoms with Gasteiger partial charge in [0.1, 0.15) is 6.04 Å². The Morgan fingerprint density at radius 2 is 2.09 bits per heavy atom. The van der Waals surface area contributed by atoms with Crippen molar-refractivity contribution in [1.82, 2.24) is 4.90 Å². The number of aryl methyl sites for hydroxylation is 2. The predicted molar refractivity (Wildman–Crippen MR) is 92.9 cm³/mol. The standard InChI is InChI=1S/C18H20N2O2S/c1-12-7-8-14(13(2)11-12)19-17(21)15-5-3-9-20(15)18(22)16-6-4-10-23-16/h4,6-8,10-11,15H,3,5,9H2,1-2H3,(H,19,21)/t15-/m0/s1. The molecular weight excluding hydrogens is 308 g/mol. The lowest BCUT2D eigenvalue weighted by atomic mass is 10.1. The van der Waals surface area contributed by atoms with Crippen LogP contribution < -0.4 is 5.32 Å². The second-order valence-electron chi connectivity index (χ2n) is 5.94. The van der Waals surface area contributed by atoms with E-state index in [1.54, 1.807) is 4.90 Å². The molecule has 1 saturated heterocycles. The van der Waals surface area contributed by atoms with Gasteiger partial charge < -0.3 is 10.2 Å². The van der Waals surface area contributed by atoms with Crippen molar-refractivity contribution in [3.8, 4) is 0 Å². The normalized spacial score (nSPS) is 17.3. The van der Waals surface area contributed by atoms with Crippen LogP contribution in [0.2, 0.25) is 0 Å². The number of hydrogen-bond donors (Lipinski definition) is 1. The molecule has 1 fully saturated rings. The number of nitrogens with one attached hydrogen (secondary N) is 1. The van der Waals surface area contributed by atoms with Crippen LogP contribution in [0.3, 0.4) is 0 Å². The zero-order chi connectivity index (χ0) is 16.4. The van der Waals surface area contributed by atoms with E-state index in [1.807, 2.05) is 49.6 Å². The fraction of sp³-hybridized carbons (Fsp3) is 0.333. The molecule has 5 heteroatoms. The Labute approximate surface area is 140 Å². The van der Waals surface area contributed by atoms with Crippen molar-refractivity contribution in [3.05, 3.63) is 51.7 Å². The number of rotatable bonds is 3. The van der Waals surface area contributed by atoms with Gasteiger partial charge >= 0.3 is 0 Å². The lowest BCUT2D eigenvalue weighted by molar-refractivity contribution is -0.119. The molecule has 120 valence electrons. The highest BCUT2D eigenvalue weighted by Gasteiger charge is 2.35. The lowest BCUT2D eigenvalue weighted by Crippen LogP contribution is -2.43. The van der Waals surface area contributed by atoms with Crippen LogP contribution in [0.15, 0.2) is 35.7 Å². The van der Waals surface area contributed by atoms with Crippen LogP contribution in [0.1, 0.15) is 33.6 Å². The molecule has 0 spiro atoms. The Morgan fingerprint density at radius 3 is 2.78 bits per heavy atom. The van der Waals surface area contributed by atoms with Crippen molar-refractivity contribution in [3.63, 3.8) is 0 Å². The van der Waals surface area contributed by atoms with Crippen LogP contribution in [0, 0.1) is 13.8 Å². The number of anilines is 1. The van der Waals surface area contributed by atoms with Gasteiger partial charge in [-0.2, -0.15) is 0 Å². The molecule has 1 N–H and O–H groups in total. The molecule has 0 saturated carbocycles. The van der Waals surface area contributed by atoms with Gasteiger partial charge in [-0.1, -0.05) is 23.8 Å². The molecule has 3 rings (SSSR count). The first kappa shape index (κ1) is 15.7. The molecule has 0 bridgehead atoms. The van der Waals surface area contributed by atoms with Gasteiger partial charge in [-0.25, -0.2) is 0 Å². The number of carbonyl (C=O) groups is 2. The number of nitrogens with zero attached hydrogens (tertiary/aromatic N) is 1. The molecule has 1 aliphatic rings. The summed E-state index contributed by atoms with van der Waals surface area (Å²) in [6.45, 7) is 4.64. The fourth-order valence-corrected chi connectivity index (χ4v) is 3.67. The van der Waals surface area contributed by atoms with Crippen molar-refractivity contribution in [2.45, 2.75) is 32.7 Å². The topological polar surface area (TPSA) is 49.4 Å². The lowest BCUT2D eigenvalue weighted by Gasteiger charge is -2.23. The second-order valence-corrected chi connectivity index (χ2v) is 6.89. The van der Waals surface area contributed by atoms with E-state index in [2.05, 4.69) is 5.32 Å².